The number of aliphatic hydroxyl groups excluding tert-OH is 1. The SMILES string of the molecule is Cc1ccnc(C(C)C)c1N1c2nc(-c3c(F)c(N)c(F)c(F)c3Cl)c(F)cc2C(N2CCNCC2)=NC1O. The van der Waals surface area contributed by atoms with Crippen molar-refractivity contribution in [3.63, 3.8) is 0 Å². The highest BCUT2D eigenvalue weighted by Gasteiger charge is 2.37. The van der Waals surface area contributed by atoms with Crippen LogP contribution in [-0.4, -0.2) is 58.3 Å². The number of nitrogens with zero attached hydrogens (tertiary/aromatic N) is 5. The molecule has 3 aromatic rings. The number of hydrogen-bond acceptors (Lipinski definition) is 8. The number of aliphatic hydroxyl groups is 1. The van der Waals surface area contributed by atoms with Gasteiger partial charge in [-0.3, -0.25) is 9.88 Å². The summed E-state index contributed by atoms with van der Waals surface area (Å²) in [6.45, 7) is 7.96. The van der Waals surface area contributed by atoms with E-state index in [1.807, 2.05) is 25.7 Å². The number of anilines is 3. The van der Waals surface area contributed by atoms with Gasteiger partial charge in [0, 0.05) is 32.4 Å². The number of nitrogens with one attached hydrogen (secondary N) is 1. The van der Waals surface area contributed by atoms with Crippen molar-refractivity contribution >= 4 is 34.6 Å². The van der Waals surface area contributed by atoms with Gasteiger partial charge in [0.25, 0.3) is 0 Å². The van der Waals surface area contributed by atoms with Crippen LogP contribution in [0.2, 0.25) is 5.02 Å². The molecule has 4 N–H and O–H groups in total. The zero-order chi connectivity index (χ0) is 28.2. The highest BCUT2D eigenvalue weighted by molar-refractivity contribution is 6.33. The molecule has 8 nitrogen and oxygen atoms in total. The summed E-state index contributed by atoms with van der Waals surface area (Å²) in [7, 11) is 0. The number of benzene rings is 1. The number of nitrogen functional groups attached to an aromatic ring is 1. The Morgan fingerprint density at radius 3 is 2.49 bits per heavy atom. The van der Waals surface area contributed by atoms with Gasteiger partial charge in [-0.1, -0.05) is 25.4 Å². The highest BCUT2D eigenvalue weighted by atomic mass is 35.5. The van der Waals surface area contributed by atoms with Crippen molar-refractivity contribution in [1.29, 1.82) is 0 Å². The fourth-order valence-electron chi connectivity index (χ4n) is 4.87. The van der Waals surface area contributed by atoms with E-state index in [-0.39, 0.29) is 23.1 Å². The van der Waals surface area contributed by atoms with E-state index in [1.54, 1.807) is 12.3 Å². The first-order valence-electron chi connectivity index (χ1n) is 12.3. The fraction of sp³-hybridized carbons (Fsp3) is 0.346. The van der Waals surface area contributed by atoms with Crippen LogP contribution < -0.4 is 16.0 Å². The van der Waals surface area contributed by atoms with E-state index in [0.29, 0.717) is 43.1 Å². The average Bonchev–Trinajstić information content (AvgIpc) is 2.92. The Hall–Kier alpha value is -3.48. The first-order valence-corrected chi connectivity index (χ1v) is 12.7. The van der Waals surface area contributed by atoms with Crippen LogP contribution in [0.25, 0.3) is 11.3 Å². The van der Waals surface area contributed by atoms with E-state index in [2.05, 4.69) is 20.3 Å². The summed E-state index contributed by atoms with van der Waals surface area (Å²) < 4.78 is 59.4. The molecule has 1 aromatic carbocycles. The number of nitrogens with two attached hydrogens (primary N) is 1. The molecule has 4 heterocycles. The molecule has 1 unspecified atom stereocenters. The summed E-state index contributed by atoms with van der Waals surface area (Å²) in [4.78, 5) is 16.6. The molecule has 2 aliphatic heterocycles. The third kappa shape index (κ3) is 4.46. The minimum atomic E-state index is -1.68. The van der Waals surface area contributed by atoms with Crippen molar-refractivity contribution in [3.05, 3.63) is 63.4 Å². The van der Waals surface area contributed by atoms with E-state index in [9.17, 15) is 13.9 Å². The number of halogens is 5. The Labute approximate surface area is 227 Å². The van der Waals surface area contributed by atoms with Crippen molar-refractivity contribution in [2.75, 3.05) is 36.8 Å². The van der Waals surface area contributed by atoms with Crippen LogP contribution in [0.4, 0.5) is 34.8 Å². The van der Waals surface area contributed by atoms with Crippen molar-refractivity contribution in [3.8, 4) is 11.3 Å². The number of piperazine rings is 1. The molecule has 1 atom stereocenters. The third-order valence-electron chi connectivity index (χ3n) is 6.79. The minimum Gasteiger partial charge on any atom is -0.394 e. The van der Waals surface area contributed by atoms with Crippen molar-refractivity contribution < 1.29 is 22.7 Å². The van der Waals surface area contributed by atoms with E-state index >= 15 is 8.78 Å². The molecule has 0 amide bonds. The van der Waals surface area contributed by atoms with Gasteiger partial charge in [0.15, 0.2) is 23.3 Å². The van der Waals surface area contributed by atoms with Gasteiger partial charge in [0.2, 0.25) is 6.35 Å². The van der Waals surface area contributed by atoms with E-state index in [0.717, 1.165) is 6.07 Å². The van der Waals surface area contributed by atoms with Gasteiger partial charge in [-0.05, 0) is 30.5 Å². The van der Waals surface area contributed by atoms with Crippen molar-refractivity contribution in [1.82, 2.24) is 20.2 Å². The second-order valence-electron chi connectivity index (χ2n) is 9.66. The molecule has 0 spiro atoms. The number of amidine groups is 1. The molecule has 13 heteroatoms. The quantitative estimate of drug-likeness (QED) is 0.187. The van der Waals surface area contributed by atoms with Crippen molar-refractivity contribution in [2.45, 2.75) is 33.0 Å². The largest absolute Gasteiger partial charge is 0.394 e. The fourth-order valence-corrected chi connectivity index (χ4v) is 5.12. The standard InChI is InChI=1S/C26H26ClF4N7O/c1-11(2)21-23(12(3)4-5-34-21)38-25-13(24(36-26(38)39)37-8-6-33-7-9-37)10-14(28)22(35-25)15-16(27)18(30)19(31)20(32)17(15)29/h4-5,10-11,26,33,39H,6-9,32H2,1-3H3. The Balaban J connectivity index is 1.82. The topological polar surface area (TPSA) is 103 Å². The second kappa shape index (κ2) is 10.2. The van der Waals surface area contributed by atoms with Crippen LogP contribution in [0, 0.1) is 30.2 Å². The Bertz CT molecular complexity index is 1460. The molecular formula is C26H26ClF4N7O. The number of aliphatic imine (C=N–C) groups is 1. The van der Waals surface area contributed by atoms with Crippen LogP contribution in [0.3, 0.4) is 0 Å². The number of fused-ring (bicyclic) bond motifs is 1. The minimum absolute atomic E-state index is 0.0132. The summed E-state index contributed by atoms with van der Waals surface area (Å²) in [5, 5.41) is 13.6. The maximum Gasteiger partial charge on any atom is 0.233 e. The predicted octanol–water partition coefficient (Wildman–Crippen LogP) is 4.45. The van der Waals surface area contributed by atoms with Gasteiger partial charge in [-0.15, -0.1) is 0 Å². The lowest BCUT2D eigenvalue weighted by atomic mass is 10.0. The summed E-state index contributed by atoms with van der Waals surface area (Å²) in [5.74, 6) is -5.62. The summed E-state index contributed by atoms with van der Waals surface area (Å²) in [6, 6.07) is 2.81. The molecule has 0 radical (unpaired) electrons. The Morgan fingerprint density at radius 1 is 1.13 bits per heavy atom. The maximum atomic E-state index is 15.7. The molecule has 0 aliphatic carbocycles. The van der Waals surface area contributed by atoms with Gasteiger partial charge in [0.1, 0.15) is 23.0 Å². The van der Waals surface area contributed by atoms with Crippen molar-refractivity contribution in [2.24, 2.45) is 4.99 Å². The average molecular weight is 564 g/mol. The normalized spacial score (nSPS) is 17.5. The van der Waals surface area contributed by atoms with Crippen LogP contribution in [0.5, 0.6) is 0 Å². The summed E-state index contributed by atoms with van der Waals surface area (Å²) >= 11 is 5.96. The molecular weight excluding hydrogens is 538 g/mol. The zero-order valence-electron chi connectivity index (χ0n) is 21.4. The lowest BCUT2D eigenvalue weighted by Gasteiger charge is -2.39. The van der Waals surface area contributed by atoms with Crippen LogP contribution >= 0.6 is 11.6 Å². The number of aryl methyl sites for hydroxylation is 1. The van der Waals surface area contributed by atoms with Crippen LogP contribution in [0.1, 0.15) is 36.6 Å². The molecule has 0 bridgehead atoms. The lowest BCUT2D eigenvalue weighted by molar-refractivity contribution is 0.184. The number of rotatable bonds is 3. The summed E-state index contributed by atoms with van der Waals surface area (Å²) in [5.41, 5.74) is 4.75. The highest BCUT2D eigenvalue weighted by Crippen LogP contribution is 2.43. The van der Waals surface area contributed by atoms with Gasteiger partial charge < -0.3 is 21.1 Å². The Morgan fingerprint density at radius 2 is 1.82 bits per heavy atom. The molecule has 206 valence electrons. The predicted molar refractivity (Wildman–Crippen MR) is 141 cm³/mol. The first kappa shape index (κ1) is 27.1. The molecule has 2 aliphatic rings. The molecule has 1 saturated heterocycles. The van der Waals surface area contributed by atoms with Crippen LogP contribution in [-0.2, 0) is 0 Å². The van der Waals surface area contributed by atoms with Gasteiger partial charge in [-0.2, -0.15) is 0 Å². The van der Waals surface area contributed by atoms with Gasteiger partial charge in [0.05, 0.1) is 27.5 Å². The molecule has 2 aromatic heterocycles. The monoisotopic (exact) mass is 563 g/mol. The number of hydrogen-bond donors (Lipinski definition) is 3. The summed E-state index contributed by atoms with van der Waals surface area (Å²) in [6.07, 6.45) is 0.118. The van der Waals surface area contributed by atoms with E-state index in [1.165, 1.54) is 4.90 Å². The molecule has 39 heavy (non-hydrogen) atoms. The molecule has 5 rings (SSSR count). The first-order chi connectivity index (χ1) is 18.5. The second-order valence-corrected chi connectivity index (χ2v) is 10.0. The molecule has 0 saturated carbocycles. The number of pyridine rings is 2. The zero-order valence-corrected chi connectivity index (χ0v) is 22.1. The van der Waals surface area contributed by atoms with E-state index in [4.69, 9.17) is 17.3 Å². The van der Waals surface area contributed by atoms with E-state index < -0.39 is 51.6 Å². The smallest absolute Gasteiger partial charge is 0.233 e. The third-order valence-corrected chi connectivity index (χ3v) is 7.14. The van der Waals surface area contributed by atoms with Gasteiger partial charge >= 0.3 is 0 Å². The molecule has 1 fully saturated rings. The lowest BCUT2D eigenvalue weighted by Crippen LogP contribution is -2.50. The number of aromatic nitrogens is 2. The van der Waals surface area contributed by atoms with Crippen LogP contribution in [0.15, 0.2) is 23.3 Å². The Kier molecular flexibility index (Phi) is 7.12. The maximum absolute atomic E-state index is 15.7. The van der Waals surface area contributed by atoms with Gasteiger partial charge in [-0.25, -0.2) is 27.5 Å².